The van der Waals surface area contributed by atoms with Gasteiger partial charge in [0.25, 0.3) is 0 Å². The Labute approximate surface area is 176 Å². The van der Waals surface area contributed by atoms with Crippen LogP contribution in [0.4, 0.5) is 0 Å². The molecule has 0 bridgehead atoms. The zero-order valence-electron chi connectivity index (χ0n) is 15.7. The predicted octanol–water partition coefficient (Wildman–Crippen LogP) is 4.75. The van der Waals surface area contributed by atoms with Crippen molar-refractivity contribution in [3.8, 4) is 22.9 Å². The van der Waals surface area contributed by atoms with E-state index in [0.717, 1.165) is 17.3 Å². The average Bonchev–Trinajstić information content (AvgIpc) is 3.17. The zero-order valence-corrected chi connectivity index (χ0v) is 17.3. The van der Waals surface area contributed by atoms with Crippen molar-refractivity contribution in [3.05, 3.63) is 58.0 Å². The first kappa shape index (κ1) is 20.8. The summed E-state index contributed by atoms with van der Waals surface area (Å²) in [7, 11) is 1.55. The van der Waals surface area contributed by atoms with Gasteiger partial charge in [-0.25, -0.2) is 9.78 Å². The maximum absolute atomic E-state index is 11.7. The molecule has 29 heavy (non-hydrogen) atoms. The van der Waals surface area contributed by atoms with Gasteiger partial charge in [-0.3, -0.25) is 5.10 Å². The van der Waals surface area contributed by atoms with Crippen LogP contribution < -0.4 is 9.47 Å². The second kappa shape index (κ2) is 9.49. The lowest BCUT2D eigenvalue weighted by Gasteiger charge is -2.10. The van der Waals surface area contributed by atoms with Crippen LogP contribution >= 0.6 is 23.4 Å². The third-order valence-corrected chi connectivity index (χ3v) is 4.91. The van der Waals surface area contributed by atoms with Crippen LogP contribution in [0, 0.1) is 0 Å². The molecule has 1 heterocycles. The highest BCUT2D eigenvalue weighted by Crippen LogP contribution is 2.32. The summed E-state index contributed by atoms with van der Waals surface area (Å²) >= 11 is 6.84. The first-order valence-corrected chi connectivity index (χ1v) is 9.81. The third kappa shape index (κ3) is 5.30. The van der Waals surface area contributed by atoms with Gasteiger partial charge in [-0.1, -0.05) is 17.7 Å². The number of methoxy groups -OCH3 is 1. The van der Waals surface area contributed by atoms with Crippen molar-refractivity contribution < 1.29 is 19.4 Å². The second-order valence-electron chi connectivity index (χ2n) is 5.73. The van der Waals surface area contributed by atoms with Gasteiger partial charge >= 0.3 is 5.97 Å². The smallest absolute Gasteiger partial charge is 0.342 e. The molecule has 0 unspecified atom stereocenters. The van der Waals surface area contributed by atoms with Crippen molar-refractivity contribution in [2.45, 2.75) is 12.1 Å². The summed E-state index contributed by atoms with van der Waals surface area (Å²) in [6.07, 6.45) is 1.54. The minimum atomic E-state index is -1.08. The average molecular weight is 432 g/mol. The SMILES string of the molecule is CCOc1cc(/C=C(\Sc2n[nH]c(-c3ccc(Cl)cc3)n2)C(=O)O)ccc1OC. The minimum Gasteiger partial charge on any atom is -0.493 e. The van der Waals surface area contributed by atoms with E-state index in [9.17, 15) is 9.90 Å². The van der Waals surface area contributed by atoms with Gasteiger partial charge in [0.2, 0.25) is 5.16 Å². The molecule has 3 aromatic rings. The minimum absolute atomic E-state index is 0.0688. The Kier molecular flexibility index (Phi) is 6.79. The summed E-state index contributed by atoms with van der Waals surface area (Å²) in [6, 6.07) is 12.3. The van der Waals surface area contributed by atoms with Gasteiger partial charge in [-0.2, -0.15) is 0 Å². The Morgan fingerprint density at radius 3 is 2.66 bits per heavy atom. The largest absolute Gasteiger partial charge is 0.493 e. The first-order valence-electron chi connectivity index (χ1n) is 8.62. The van der Waals surface area contributed by atoms with E-state index < -0.39 is 5.97 Å². The molecule has 7 nitrogen and oxygen atoms in total. The number of aliphatic carboxylic acids is 1. The monoisotopic (exact) mass is 431 g/mol. The number of H-pyrrole nitrogens is 1. The summed E-state index contributed by atoms with van der Waals surface area (Å²) in [5.41, 5.74) is 1.46. The van der Waals surface area contributed by atoms with Crippen molar-refractivity contribution >= 4 is 35.4 Å². The molecule has 0 aliphatic rings. The molecule has 0 atom stereocenters. The summed E-state index contributed by atoms with van der Waals surface area (Å²) in [6.45, 7) is 2.33. The van der Waals surface area contributed by atoms with Gasteiger partial charge in [0, 0.05) is 10.6 Å². The number of nitrogens with zero attached hydrogens (tertiary/aromatic N) is 2. The number of thioether (sulfide) groups is 1. The van der Waals surface area contributed by atoms with Crippen molar-refractivity contribution in [1.29, 1.82) is 0 Å². The molecule has 0 amide bonds. The fourth-order valence-electron chi connectivity index (χ4n) is 2.46. The Morgan fingerprint density at radius 1 is 1.24 bits per heavy atom. The highest BCUT2D eigenvalue weighted by atomic mass is 35.5. The maximum atomic E-state index is 11.7. The molecule has 0 aliphatic carbocycles. The van der Waals surface area contributed by atoms with Crippen LogP contribution in [0.15, 0.2) is 52.5 Å². The lowest BCUT2D eigenvalue weighted by molar-refractivity contribution is -0.131. The molecular formula is C20H18ClN3O4S. The summed E-state index contributed by atoms with van der Waals surface area (Å²) < 4.78 is 10.8. The molecule has 150 valence electrons. The topological polar surface area (TPSA) is 97.3 Å². The summed E-state index contributed by atoms with van der Waals surface area (Å²) in [5.74, 6) is 0.565. The molecule has 0 radical (unpaired) electrons. The van der Waals surface area contributed by atoms with Gasteiger partial charge in [-0.15, -0.1) is 5.10 Å². The van der Waals surface area contributed by atoms with Crippen LogP contribution in [0.25, 0.3) is 17.5 Å². The Hall–Kier alpha value is -2.97. The normalized spacial score (nSPS) is 11.3. The number of carboxylic acids is 1. The summed E-state index contributed by atoms with van der Waals surface area (Å²) in [4.78, 5) is 16.2. The number of hydrogen-bond acceptors (Lipinski definition) is 6. The molecule has 0 saturated heterocycles. The number of nitrogens with one attached hydrogen (secondary N) is 1. The fraction of sp³-hybridized carbons (Fsp3) is 0.150. The number of benzene rings is 2. The quantitative estimate of drug-likeness (QED) is 0.392. The lowest BCUT2D eigenvalue weighted by atomic mass is 10.2. The van der Waals surface area contributed by atoms with Crippen LogP contribution in [0.5, 0.6) is 11.5 Å². The van der Waals surface area contributed by atoms with Crippen molar-refractivity contribution in [2.75, 3.05) is 13.7 Å². The van der Waals surface area contributed by atoms with E-state index in [1.165, 1.54) is 6.08 Å². The Morgan fingerprint density at radius 2 is 2.00 bits per heavy atom. The number of rotatable bonds is 8. The van der Waals surface area contributed by atoms with E-state index in [1.807, 2.05) is 6.92 Å². The molecule has 0 aliphatic heterocycles. The molecule has 9 heteroatoms. The molecular weight excluding hydrogens is 414 g/mol. The van der Waals surface area contributed by atoms with Crippen LogP contribution in [-0.2, 0) is 4.79 Å². The van der Waals surface area contributed by atoms with Gasteiger partial charge in [0.1, 0.15) is 4.91 Å². The number of ether oxygens (including phenoxy) is 2. The van der Waals surface area contributed by atoms with Gasteiger partial charge in [0.05, 0.1) is 13.7 Å². The molecule has 1 aromatic heterocycles. The first-order chi connectivity index (χ1) is 14.0. The number of carbonyl (C=O) groups is 1. The highest BCUT2D eigenvalue weighted by molar-refractivity contribution is 8.04. The fourth-order valence-corrected chi connectivity index (χ4v) is 3.30. The molecule has 2 N–H and O–H groups in total. The van der Waals surface area contributed by atoms with Crippen LogP contribution in [-0.4, -0.2) is 40.0 Å². The predicted molar refractivity (Wildman–Crippen MR) is 112 cm³/mol. The molecule has 2 aromatic carbocycles. The molecule has 0 saturated carbocycles. The van der Waals surface area contributed by atoms with E-state index in [2.05, 4.69) is 15.2 Å². The molecule has 3 rings (SSSR count). The van der Waals surface area contributed by atoms with Crippen molar-refractivity contribution in [2.24, 2.45) is 0 Å². The van der Waals surface area contributed by atoms with E-state index in [4.69, 9.17) is 21.1 Å². The summed E-state index contributed by atoms with van der Waals surface area (Å²) in [5, 5.41) is 17.4. The Bertz CT molecular complexity index is 1030. The highest BCUT2D eigenvalue weighted by Gasteiger charge is 2.15. The number of aromatic nitrogens is 3. The molecule has 0 fully saturated rings. The number of carboxylic acid groups (broad SMARTS) is 1. The van der Waals surface area contributed by atoms with Gasteiger partial charge in [0.15, 0.2) is 17.3 Å². The van der Waals surface area contributed by atoms with E-state index in [1.54, 1.807) is 49.6 Å². The number of aromatic amines is 1. The van der Waals surface area contributed by atoms with Crippen LogP contribution in [0.1, 0.15) is 12.5 Å². The zero-order chi connectivity index (χ0) is 20.8. The van der Waals surface area contributed by atoms with Crippen LogP contribution in [0.2, 0.25) is 5.02 Å². The number of halogens is 1. The van der Waals surface area contributed by atoms with E-state index in [0.29, 0.717) is 39.7 Å². The second-order valence-corrected chi connectivity index (χ2v) is 7.18. The standard InChI is InChI=1S/C20H18ClN3O4S/c1-3-28-16-10-12(4-9-15(16)27-2)11-17(19(25)26)29-20-22-18(23-24-20)13-5-7-14(21)8-6-13/h4-11H,3H2,1-2H3,(H,25,26)(H,22,23,24)/b17-11-. The lowest BCUT2D eigenvalue weighted by Crippen LogP contribution is -1.98. The van der Waals surface area contributed by atoms with Gasteiger partial charge in [-0.05, 0) is 66.7 Å². The van der Waals surface area contributed by atoms with Crippen LogP contribution in [0.3, 0.4) is 0 Å². The Balaban J connectivity index is 1.85. The molecule has 0 spiro atoms. The van der Waals surface area contributed by atoms with Gasteiger partial charge < -0.3 is 14.6 Å². The van der Waals surface area contributed by atoms with Crippen molar-refractivity contribution in [1.82, 2.24) is 15.2 Å². The van der Waals surface area contributed by atoms with E-state index >= 15 is 0 Å². The van der Waals surface area contributed by atoms with E-state index in [-0.39, 0.29) is 4.91 Å². The van der Waals surface area contributed by atoms with Crippen molar-refractivity contribution in [3.63, 3.8) is 0 Å². The third-order valence-electron chi connectivity index (χ3n) is 3.78. The maximum Gasteiger partial charge on any atom is 0.342 e. The number of hydrogen-bond donors (Lipinski definition) is 2.